The van der Waals surface area contributed by atoms with E-state index in [1.165, 1.54) is 7.11 Å². The zero-order chi connectivity index (χ0) is 16.7. The van der Waals surface area contributed by atoms with Crippen molar-refractivity contribution in [3.05, 3.63) is 71.8 Å². The van der Waals surface area contributed by atoms with E-state index in [2.05, 4.69) is 0 Å². The number of rotatable bonds is 4. The molecule has 0 N–H and O–H groups in total. The Morgan fingerprint density at radius 2 is 1.43 bits per heavy atom. The minimum Gasteiger partial charge on any atom is -0.468 e. The van der Waals surface area contributed by atoms with Crippen LogP contribution in [0.25, 0.3) is 0 Å². The predicted molar refractivity (Wildman–Crippen MR) is 91.4 cm³/mol. The number of carbonyl (C=O) groups is 1. The number of alkyl halides is 2. The zero-order valence-electron chi connectivity index (χ0n) is 12.9. The van der Waals surface area contributed by atoms with Crippen molar-refractivity contribution in [2.24, 2.45) is 0 Å². The van der Waals surface area contributed by atoms with E-state index in [-0.39, 0.29) is 5.97 Å². The molecule has 0 aromatic heterocycles. The second-order valence-electron chi connectivity index (χ2n) is 5.55. The maximum absolute atomic E-state index is 12.1. The third-order valence-corrected chi connectivity index (χ3v) is 5.27. The van der Waals surface area contributed by atoms with Crippen LogP contribution in [0, 0.1) is 0 Å². The van der Waals surface area contributed by atoms with E-state index in [0.717, 1.165) is 11.1 Å². The van der Waals surface area contributed by atoms with Gasteiger partial charge in [-0.1, -0.05) is 83.9 Å². The Morgan fingerprint density at radius 3 is 1.83 bits per heavy atom. The van der Waals surface area contributed by atoms with Crippen LogP contribution < -0.4 is 0 Å². The summed E-state index contributed by atoms with van der Waals surface area (Å²) in [6.45, 7) is 1.75. The number of hydrogen-bond acceptors (Lipinski definition) is 3. The number of benzene rings is 2. The molecule has 120 valence electrons. The van der Waals surface area contributed by atoms with Crippen molar-refractivity contribution in [3.8, 4) is 0 Å². The minimum atomic E-state index is -1.23. The molecule has 23 heavy (non-hydrogen) atoms. The molecule has 1 aliphatic rings. The number of halogens is 2. The Balaban J connectivity index is 2.17. The van der Waals surface area contributed by atoms with Crippen molar-refractivity contribution < 1.29 is 9.53 Å². The number of esters is 1. The van der Waals surface area contributed by atoms with Crippen LogP contribution in [-0.4, -0.2) is 28.5 Å². The third-order valence-electron chi connectivity index (χ3n) is 4.36. The highest BCUT2D eigenvalue weighted by Gasteiger charge is 2.78. The van der Waals surface area contributed by atoms with Gasteiger partial charge in [-0.25, -0.2) is 4.90 Å². The number of carbonyl (C=O) groups excluding carboxylic acids is 1. The normalized spacial score (nSPS) is 22.2. The standard InChI is InChI=1S/C18H17Cl2NO2/c1-13(16(22)23-2)21-17(18(21,19)20,14-9-5-3-6-10-14)15-11-7-4-8-12-15/h3-13H,1-2H3. The summed E-state index contributed by atoms with van der Waals surface area (Å²) in [5.74, 6) is -0.371. The number of hydrogen-bond donors (Lipinski definition) is 0. The first kappa shape index (κ1) is 16.3. The van der Waals surface area contributed by atoms with Gasteiger partial charge in [-0.2, -0.15) is 0 Å². The molecule has 1 saturated heterocycles. The molecule has 0 aliphatic carbocycles. The SMILES string of the molecule is COC(=O)C(C)N1C(Cl)(Cl)C1(c1ccccc1)c1ccccc1. The largest absolute Gasteiger partial charge is 0.468 e. The van der Waals surface area contributed by atoms with Crippen LogP contribution in [0.15, 0.2) is 60.7 Å². The van der Waals surface area contributed by atoms with Gasteiger partial charge in [0.2, 0.25) is 0 Å². The van der Waals surface area contributed by atoms with E-state index < -0.39 is 16.0 Å². The highest BCUT2D eigenvalue weighted by atomic mass is 35.5. The van der Waals surface area contributed by atoms with E-state index in [1.807, 2.05) is 60.7 Å². The molecule has 0 bridgehead atoms. The van der Waals surface area contributed by atoms with Crippen LogP contribution in [0.5, 0.6) is 0 Å². The molecule has 2 aromatic rings. The fourth-order valence-corrected chi connectivity index (χ4v) is 4.37. The smallest absolute Gasteiger partial charge is 0.322 e. The Morgan fingerprint density at radius 1 is 1.00 bits per heavy atom. The predicted octanol–water partition coefficient (Wildman–Crippen LogP) is 3.94. The maximum Gasteiger partial charge on any atom is 0.322 e. The first-order chi connectivity index (χ1) is 11.0. The van der Waals surface area contributed by atoms with Crippen LogP contribution in [0.2, 0.25) is 0 Å². The molecule has 2 aromatic carbocycles. The van der Waals surface area contributed by atoms with Crippen molar-refractivity contribution >= 4 is 29.2 Å². The highest BCUT2D eigenvalue weighted by molar-refractivity contribution is 6.52. The summed E-state index contributed by atoms with van der Waals surface area (Å²) in [5.41, 5.74) is 1.09. The van der Waals surface area contributed by atoms with Gasteiger partial charge < -0.3 is 4.74 Å². The quantitative estimate of drug-likeness (QED) is 0.362. The molecule has 0 amide bonds. The Bertz CT molecular complexity index is 664. The topological polar surface area (TPSA) is 29.3 Å². The minimum absolute atomic E-state index is 0.371. The summed E-state index contributed by atoms with van der Waals surface area (Å²) in [6, 6.07) is 18.9. The van der Waals surface area contributed by atoms with Gasteiger partial charge in [0, 0.05) is 0 Å². The number of methoxy groups -OCH3 is 1. The van der Waals surface area contributed by atoms with Crippen LogP contribution >= 0.6 is 23.2 Å². The second-order valence-corrected chi connectivity index (χ2v) is 6.84. The first-order valence-electron chi connectivity index (χ1n) is 7.34. The lowest BCUT2D eigenvalue weighted by molar-refractivity contribution is -0.144. The summed E-state index contributed by atoms with van der Waals surface area (Å²) in [7, 11) is 1.36. The maximum atomic E-state index is 12.1. The molecule has 2 atom stereocenters. The second kappa shape index (κ2) is 5.82. The molecule has 1 heterocycles. The molecular weight excluding hydrogens is 333 g/mol. The number of nitrogens with zero attached hydrogens (tertiary/aromatic N) is 1. The molecule has 3 rings (SSSR count). The van der Waals surface area contributed by atoms with Crippen LogP contribution in [-0.2, 0) is 15.1 Å². The van der Waals surface area contributed by atoms with Crippen molar-refractivity contribution in [1.82, 2.24) is 4.90 Å². The summed E-state index contributed by atoms with van der Waals surface area (Å²) in [4.78, 5) is 13.8. The van der Waals surface area contributed by atoms with Crippen molar-refractivity contribution in [3.63, 3.8) is 0 Å². The van der Waals surface area contributed by atoms with Gasteiger partial charge >= 0.3 is 5.97 Å². The van der Waals surface area contributed by atoms with Gasteiger partial charge in [0.25, 0.3) is 0 Å². The lowest BCUT2D eigenvalue weighted by Gasteiger charge is -2.21. The Hall–Kier alpha value is -1.55. The average molecular weight is 350 g/mol. The summed E-state index contributed by atoms with van der Waals surface area (Å²) in [5, 5.41) is 0. The molecule has 1 fully saturated rings. The third kappa shape index (κ3) is 2.26. The summed E-state index contributed by atoms with van der Waals surface area (Å²) >= 11 is 13.4. The molecule has 3 nitrogen and oxygen atoms in total. The van der Waals surface area contributed by atoms with Gasteiger partial charge in [-0.3, -0.25) is 4.79 Å². The van der Waals surface area contributed by atoms with E-state index in [9.17, 15) is 4.79 Å². The van der Waals surface area contributed by atoms with Crippen LogP contribution in [0.3, 0.4) is 0 Å². The average Bonchev–Trinajstić information content (AvgIpc) is 3.12. The summed E-state index contributed by atoms with van der Waals surface area (Å²) in [6.07, 6.45) is 0. The number of ether oxygens (including phenoxy) is 1. The van der Waals surface area contributed by atoms with Gasteiger partial charge in [-0.05, 0) is 18.1 Å². The van der Waals surface area contributed by atoms with Gasteiger partial charge in [0.1, 0.15) is 11.6 Å². The van der Waals surface area contributed by atoms with E-state index in [0.29, 0.717) is 0 Å². The van der Waals surface area contributed by atoms with E-state index in [1.54, 1.807) is 11.8 Å². The molecule has 2 unspecified atom stereocenters. The lowest BCUT2D eigenvalue weighted by atomic mass is 9.90. The summed E-state index contributed by atoms with van der Waals surface area (Å²) < 4.78 is 3.64. The Labute approximate surface area is 145 Å². The Kier molecular flexibility index (Phi) is 4.13. The fourth-order valence-electron chi connectivity index (χ4n) is 3.29. The van der Waals surface area contributed by atoms with Gasteiger partial charge in [0.05, 0.1) is 7.11 Å². The zero-order valence-corrected chi connectivity index (χ0v) is 14.4. The van der Waals surface area contributed by atoms with Gasteiger partial charge in [-0.15, -0.1) is 0 Å². The van der Waals surface area contributed by atoms with E-state index >= 15 is 0 Å². The van der Waals surface area contributed by atoms with Crippen molar-refractivity contribution in [1.29, 1.82) is 0 Å². The van der Waals surface area contributed by atoms with Crippen molar-refractivity contribution in [2.45, 2.75) is 23.0 Å². The first-order valence-corrected chi connectivity index (χ1v) is 8.09. The van der Waals surface area contributed by atoms with Crippen molar-refractivity contribution in [2.75, 3.05) is 7.11 Å². The van der Waals surface area contributed by atoms with Crippen LogP contribution in [0.1, 0.15) is 18.1 Å². The molecule has 0 radical (unpaired) electrons. The molecule has 1 aliphatic heterocycles. The van der Waals surface area contributed by atoms with E-state index in [4.69, 9.17) is 27.9 Å². The molecular formula is C18H17Cl2NO2. The molecule has 5 heteroatoms. The monoisotopic (exact) mass is 349 g/mol. The van der Waals surface area contributed by atoms with Gasteiger partial charge in [0.15, 0.2) is 4.46 Å². The fraction of sp³-hybridized carbons (Fsp3) is 0.278. The molecule has 0 saturated carbocycles. The highest BCUT2D eigenvalue weighted by Crippen LogP contribution is 2.68. The van der Waals surface area contributed by atoms with Crippen LogP contribution in [0.4, 0.5) is 0 Å². The molecule has 0 spiro atoms. The lowest BCUT2D eigenvalue weighted by Crippen LogP contribution is -2.32.